The average molecular weight is 442 g/mol. The lowest BCUT2D eigenvalue weighted by atomic mass is 10.1. The fraction of sp³-hybridized carbons (Fsp3) is 0.263. The normalized spacial score (nSPS) is 11.6. The van der Waals surface area contributed by atoms with Gasteiger partial charge in [-0.2, -0.15) is 0 Å². The molecule has 0 unspecified atom stereocenters. The van der Waals surface area contributed by atoms with Crippen LogP contribution in [0.4, 0.5) is 10.1 Å². The second-order valence-corrected chi connectivity index (χ2v) is 9.26. The summed E-state index contributed by atoms with van der Waals surface area (Å²) in [4.78, 5) is 24.4. The number of nitrogens with one attached hydrogen (secondary N) is 2. The van der Waals surface area contributed by atoms with E-state index < -0.39 is 32.6 Å². The highest BCUT2D eigenvalue weighted by Gasteiger charge is 2.24. The Hall–Kier alpha value is -2.49. The van der Waals surface area contributed by atoms with Crippen molar-refractivity contribution in [3.05, 3.63) is 58.4 Å². The van der Waals surface area contributed by atoms with Gasteiger partial charge in [0.15, 0.2) is 0 Å². The average Bonchev–Trinajstić information content (AvgIpc) is 2.61. The first-order chi connectivity index (χ1) is 13.4. The molecule has 2 aromatic rings. The lowest BCUT2D eigenvalue weighted by Crippen LogP contribution is -2.31. The molecule has 7 nitrogen and oxygen atoms in total. The van der Waals surface area contributed by atoms with Gasteiger partial charge in [-0.1, -0.05) is 11.6 Å². The molecule has 0 aliphatic heterocycles. The van der Waals surface area contributed by atoms with Crippen molar-refractivity contribution in [2.24, 2.45) is 0 Å². The number of halogens is 2. The SMILES string of the molecule is CC(C)NC(=O)c1ccc(Cl)cc1NC(=O)c1ccc(F)c(S(=O)(=O)N(C)C)c1. The summed E-state index contributed by atoms with van der Waals surface area (Å²) in [5, 5.41) is 5.54. The number of hydrogen-bond acceptors (Lipinski definition) is 4. The van der Waals surface area contributed by atoms with Gasteiger partial charge >= 0.3 is 0 Å². The van der Waals surface area contributed by atoms with Gasteiger partial charge in [-0.05, 0) is 50.2 Å². The molecule has 2 N–H and O–H groups in total. The van der Waals surface area contributed by atoms with Crippen molar-refractivity contribution in [1.29, 1.82) is 0 Å². The molecule has 0 aromatic heterocycles. The van der Waals surface area contributed by atoms with Gasteiger partial charge in [0.1, 0.15) is 10.7 Å². The maximum Gasteiger partial charge on any atom is 0.255 e. The second-order valence-electron chi connectivity index (χ2n) is 6.70. The van der Waals surface area contributed by atoms with Crippen molar-refractivity contribution in [3.63, 3.8) is 0 Å². The van der Waals surface area contributed by atoms with E-state index in [9.17, 15) is 22.4 Å². The molecule has 0 radical (unpaired) electrons. The zero-order valence-corrected chi connectivity index (χ0v) is 17.9. The third kappa shape index (κ3) is 5.31. The Balaban J connectivity index is 2.41. The number of anilines is 1. The Morgan fingerprint density at radius 1 is 1.07 bits per heavy atom. The number of carbonyl (C=O) groups excluding carboxylic acids is 2. The van der Waals surface area contributed by atoms with Gasteiger partial charge in [0.05, 0.1) is 11.3 Å². The smallest absolute Gasteiger partial charge is 0.255 e. The lowest BCUT2D eigenvalue weighted by Gasteiger charge is -2.15. The molecule has 0 aliphatic rings. The van der Waals surface area contributed by atoms with E-state index >= 15 is 0 Å². The summed E-state index contributed by atoms with van der Waals surface area (Å²) in [5.74, 6) is -2.11. The number of nitrogens with zero attached hydrogens (tertiary/aromatic N) is 1. The standard InChI is InChI=1S/C19H21ClFN3O4S/c1-11(2)22-19(26)14-7-6-13(20)10-16(14)23-18(25)12-5-8-15(21)17(9-12)29(27,28)24(3)4/h5-11H,1-4H3,(H,22,26)(H,23,25). The predicted molar refractivity (Wildman–Crippen MR) is 109 cm³/mol. The van der Waals surface area contributed by atoms with E-state index in [-0.39, 0.29) is 27.9 Å². The van der Waals surface area contributed by atoms with Crippen LogP contribution in [0.3, 0.4) is 0 Å². The maximum absolute atomic E-state index is 14.1. The van der Waals surface area contributed by atoms with Gasteiger partial charge < -0.3 is 10.6 Å². The molecule has 0 heterocycles. The van der Waals surface area contributed by atoms with Crippen molar-refractivity contribution in [2.75, 3.05) is 19.4 Å². The molecule has 156 valence electrons. The van der Waals surface area contributed by atoms with E-state index in [0.29, 0.717) is 0 Å². The molecule has 2 aromatic carbocycles. The van der Waals surface area contributed by atoms with Crippen LogP contribution in [-0.2, 0) is 10.0 Å². The molecule has 29 heavy (non-hydrogen) atoms. The van der Waals surface area contributed by atoms with E-state index in [1.165, 1.54) is 32.3 Å². The number of sulfonamides is 1. The van der Waals surface area contributed by atoms with Crippen LogP contribution in [0.2, 0.25) is 5.02 Å². The summed E-state index contributed by atoms with van der Waals surface area (Å²) in [5.41, 5.74) is 0.226. The Bertz CT molecular complexity index is 1060. The molecule has 0 spiro atoms. The van der Waals surface area contributed by atoms with Crippen LogP contribution in [0.1, 0.15) is 34.6 Å². The summed E-state index contributed by atoms with van der Waals surface area (Å²) in [7, 11) is -1.57. The number of rotatable bonds is 6. The maximum atomic E-state index is 14.1. The Kier molecular flexibility index (Phi) is 6.99. The quantitative estimate of drug-likeness (QED) is 0.719. The number of carbonyl (C=O) groups is 2. The summed E-state index contributed by atoms with van der Waals surface area (Å²) in [6.07, 6.45) is 0. The van der Waals surface area contributed by atoms with Crippen molar-refractivity contribution in [1.82, 2.24) is 9.62 Å². The second kappa shape index (κ2) is 8.89. The van der Waals surface area contributed by atoms with Crippen LogP contribution in [0.5, 0.6) is 0 Å². The molecule has 2 rings (SSSR count). The van der Waals surface area contributed by atoms with Crippen LogP contribution in [0.25, 0.3) is 0 Å². The van der Waals surface area contributed by atoms with Crippen LogP contribution < -0.4 is 10.6 Å². The van der Waals surface area contributed by atoms with Crippen LogP contribution in [-0.4, -0.2) is 44.7 Å². The molecule has 2 amide bonds. The fourth-order valence-electron chi connectivity index (χ4n) is 2.39. The van der Waals surface area contributed by atoms with Crippen molar-refractivity contribution < 1.29 is 22.4 Å². The van der Waals surface area contributed by atoms with Crippen LogP contribution in [0, 0.1) is 5.82 Å². The van der Waals surface area contributed by atoms with Crippen molar-refractivity contribution >= 4 is 39.1 Å². The molecule has 0 atom stereocenters. The zero-order valence-electron chi connectivity index (χ0n) is 16.3. The fourth-order valence-corrected chi connectivity index (χ4v) is 3.55. The number of hydrogen-bond donors (Lipinski definition) is 2. The third-order valence-corrected chi connectivity index (χ3v) is 5.91. The minimum absolute atomic E-state index is 0.0954. The number of amides is 2. The van der Waals surface area contributed by atoms with Crippen LogP contribution in [0.15, 0.2) is 41.3 Å². The topological polar surface area (TPSA) is 95.6 Å². The van der Waals surface area contributed by atoms with Gasteiger partial charge in [-0.25, -0.2) is 17.1 Å². The van der Waals surface area contributed by atoms with Gasteiger partial charge in [0.2, 0.25) is 10.0 Å². The lowest BCUT2D eigenvalue weighted by molar-refractivity contribution is 0.0944. The molecule has 10 heteroatoms. The predicted octanol–water partition coefficient (Wildman–Crippen LogP) is 3.12. The molecule has 0 aliphatic carbocycles. The van der Waals surface area contributed by atoms with Crippen molar-refractivity contribution in [2.45, 2.75) is 24.8 Å². The first kappa shape index (κ1) is 22.8. The molecule has 0 bridgehead atoms. The van der Waals surface area contributed by atoms with E-state index in [0.717, 1.165) is 22.5 Å². The minimum atomic E-state index is -4.09. The summed E-state index contributed by atoms with van der Waals surface area (Å²) in [6.45, 7) is 3.58. The van der Waals surface area contributed by atoms with E-state index in [2.05, 4.69) is 10.6 Å². The zero-order chi connectivity index (χ0) is 21.9. The summed E-state index contributed by atoms with van der Waals surface area (Å²) < 4.78 is 39.4. The van der Waals surface area contributed by atoms with Crippen molar-refractivity contribution in [3.8, 4) is 0 Å². The highest BCUT2D eigenvalue weighted by atomic mass is 35.5. The van der Waals surface area contributed by atoms with Gasteiger partial charge in [0.25, 0.3) is 11.8 Å². The number of benzene rings is 2. The van der Waals surface area contributed by atoms with Crippen LogP contribution >= 0.6 is 11.6 Å². The summed E-state index contributed by atoms with van der Waals surface area (Å²) >= 11 is 5.98. The van der Waals surface area contributed by atoms with E-state index in [4.69, 9.17) is 11.6 Å². The van der Waals surface area contributed by atoms with Gasteiger partial charge in [-0.15, -0.1) is 0 Å². The minimum Gasteiger partial charge on any atom is -0.350 e. The first-order valence-corrected chi connectivity index (χ1v) is 10.4. The third-order valence-electron chi connectivity index (χ3n) is 3.85. The van der Waals surface area contributed by atoms with E-state index in [1.54, 1.807) is 13.8 Å². The Labute approximate surface area is 173 Å². The van der Waals surface area contributed by atoms with Gasteiger partial charge in [-0.3, -0.25) is 9.59 Å². The Morgan fingerprint density at radius 2 is 1.72 bits per heavy atom. The molecule has 0 fully saturated rings. The molecule has 0 saturated heterocycles. The summed E-state index contributed by atoms with van der Waals surface area (Å²) in [6, 6.07) is 7.23. The molecular formula is C19H21ClFN3O4S. The monoisotopic (exact) mass is 441 g/mol. The first-order valence-electron chi connectivity index (χ1n) is 8.57. The molecular weight excluding hydrogens is 421 g/mol. The van der Waals surface area contributed by atoms with E-state index in [1.807, 2.05) is 0 Å². The highest BCUT2D eigenvalue weighted by Crippen LogP contribution is 2.24. The highest BCUT2D eigenvalue weighted by molar-refractivity contribution is 7.89. The Morgan fingerprint density at radius 3 is 2.31 bits per heavy atom. The molecule has 0 saturated carbocycles. The van der Waals surface area contributed by atoms with Gasteiger partial charge in [0, 0.05) is 30.7 Å². The largest absolute Gasteiger partial charge is 0.350 e.